The van der Waals surface area contributed by atoms with Crippen LogP contribution in [-0.4, -0.2) is 80.2 Å². The molecule has 0 spiro atoms. The molecular weight excluding hydrogens is 240 g/mol. The lowest BCUT2D eigenvalue weighted by Gasteiger charge is -2.38. The number of aliphatic hydroxyl groups excluding tert-OH is 1. The Bertz CT molecular complexity index is 361. The van der Waals surface area contributed by atoms with Gasteiger partial charge in [0.05, 0.1) is 23.7 Å². The molecule has 0 saturated carbocycles. The maximum Gasteiger partial charge on any atom is 0.154 e. The number of piperidine rings is 1. The quantitative estimate of drug-likeness (QED) is 0.704. The highest BCUT2D eigenvalue weighted by Gasteiger charge is 2.40. The van der Waals surface area contributed by atoms with Crippen LogP contribution in [0.25, 0.3) is 0 Å². The summed E-state index contributed by atoms with van der Waals surface area (Å²) in [4.78, 5) is 4.37. The van der Waals surface area contributed by atoms with Crippen molar-refractivity contribution in [1.82, 2.24) is 9.80 Å². The Morgan fingerprint density at radius 1 is 1.18 bits per heavy atom. The molecule has 100 valence electrons. The van der Waals surface area contributed by atoms with E-state index in [-0.39, 0.29) is 17.5 Å². The van der Waals surface area contributed by atoms with Gasteiger partial charge in [-0.3, -0.25) is 4.90 Å². The first kappa shape index (κ1) is 13.3. The van der Waals surface area contributed by atoms with E-state index in [1.54, 1.807) is 0 Å². The summed E-state index contributed by atoms with van der Waals surface area (Å²) in [6.07, 6.45) is 1.41. The number of sulfone groups is 1. The third-order valence-corrected chi connectivity index (χ3v) is 5.69. The zero-order valence-corrected chi connectivity index (χ0v) is 11.4. The normalized spacial score (nSPS) is 35.5. The van der Waals surface area contributed by atoms with Gasteiger partial charge in [-0.2, -0.15) is 0 Å². The fourth-order valence-corrected chi connectivity index (χ4v) is 4.73. The van der Waals surface area contributed by atoms with Crippen LogP contribution in [0.2, 0.25) is 0 Å². The Balaban J connectivity index is 1.93. The van der Waals surface area contributed by atoms with Crippen LogP contribution >= 0.6 is 0 Å². The van der Waals surface area contributed by atoms with E-state index < -0.39 is 15.9 Å². The lowest BCUT2D eigenvalue weighted by atomic mass is 10.0. The molecule has 1 N–H and O–H groups in total. The molecular formula is C11H22N2O3S. The van der Waals surface area contributed by atoms with Crippen molar-refractivity contribution in [3.8, 4) is 0 Å². The average molecular weight is 262 g/mol. The Hall–Kier alpha value is -0.170. The van der Waals surface area contributed by atoms with Crippen LogP contribution in [0.15, 0.2) is 0 Å². The van der Waals surface area contributed by atoms with Crippen LogP contribution < -0.4 is 0 Å². The van der Waals surface area contributed by atoms with Crippen LogP contribution in [0.5, 0.6) is 0 Å². The summed E-state index contributed by atoms with van der Waals surface area (Å²) in [5.41, 5.74) is 0. The zero-order chi connectivity index (χ0) is 12.6. The molecule has 0 aromatic carbocycles. The predicted octanol–water partition coefficient (Wildman–Crippen LogP) is -0.830. The Morgan fingerprint density at radius 3 is 2.18 bits per heavy atom. The molecule has 0 aromatic rings. The molecule has 0 unspecified atom stereocenters. The lowest BCUT2D eigenvalue weighted by Crippen LogP contribution is -2.50. The smallest absolute Gasteiger partial charge is 0.154 e. The monoisotopic (exact) mass is 262 g/mol. The van der Waals surface area contributed by atoms with Gasteiger partial charge >= 0.3 is 0 Å². The summed E-state index contributed by atoms with van der Waals surface area (Å²) in [6.45, 7) is 1.78. The highest BCUT2D eigenvalue weighted by Crippen LogP contribution is 2.23. The van der Waals surface area contributed by atoms with Gasteiger partial charge in [-0.25, -0.2) is 8.42 Å². The topological polar surface area (TPSA) is 60.9 Å². The molecule has 2 rings (SSSR count). The third-order valence-electron chi connectivity index (χ3n) is 3.99. The van der Waals surface area contributed by atoms with Gasteiger partial charge in [-0.1, -0.05) is 0 Å². The van der Waals surface area contributed by atoms with Crippen LogP contribution in [0.4, 0.5) is 0 Å². The van der Waals surface area contributed by atoms with E-state index in [0.717, 1.165) is 25.9 Å². The van der Waals surface area contributed by atoms with Gasteiger partial charge in [-0.05, 0) is 26.9 Å². The average Bonchev–Trinajstić information content (AvgIpc) is 2.52. The van der Waals surface area contributed by atoms with Gasteiger partial charge in [0.25, 0.3) is 0 Å². The van der Waals surface area contributed by atoms with Crippen LogP contribution in [0.1, 0.15) is 12.8 Å². The largest absolute Gasteiger partial charge is 0.390 e. The van der Waals surface area contributed by atoms with Crippen LogP contribution in [-0.2, 0) is 9.84 Å². The summed E-state index contributed by atoms with van der Waals surface area (Å²) in [7, 11) is 1.13. The van der Waals surface area contributed by atoms with Crippen molar-refractivity contribution in [3.63, 3.8) is 0 Å². The summed E-state index contributed by atoms with van der Waals surface area (Å²) >= 11 is 0. The summed E-state index contributed by atoms with van der Waals surface area (Å²) < 4.78 is 22.9. The van der Waals surface area contributed by atoms with Crippen molar-refractivity contribution in [3.05, 3.63) is 0 Å². The molecule has 2 aliphatic heterocycles. The standard InChI is InChI=1S/C11H22N2O3S/c1-12(2)9-3-5-13(6-4-9)10-7-17(15,16)8-11(10)14/h9-11,14H,3-8H2,1-2H3/t10-,11-/m1/s1. The van der Waals surface area contributed by atoms with E-state index in [4.69, 9.17) is 0 Å². The van der Waals surface area contributed by atoms with Gasteiger partial charge in [0.2, 0.25) is 0 Å². The van der Waals surface area contributed by atoms with Crippen LogP contribution in [0, 0.1) is 0 Å². The number of nitrogens with zero attached hydrogens (tertiary/aromatic N) is 2. The van der Waals surface area contributed by atoms with Crippen molar-refractivity contribution in [2.75, 3.05) is 38.7 Å². The van der Waals surface area contributed by atoms with E-state index in [2.05, 4.69) is 23.9 Å². The van der Waals surface area contributed by atoms with E-state index in [1.165, 1.54) is 0 Å². The van der Waals surface area contributed by atoms with E-state index >= 15 is 0 Å². The molecule has 0 radical (unpaired) electrons. The molecule has 17 heavy (non-hydrogen) atoms. The van der Waals surface area contributed by atoms with Crippen molar-refractivity contribution in [2.24, 2.45) is 0 Å². The van der Waals surface area contributed by atoms with E-state index in [1.807, 2.05) is 0 Å². The maximum absolute atomic E-state index is 11.5. The molecule has 6 heteroatoms. The van der Waals surface area contributed by atoms with Crippen molar-refractivity contribution in [2.45, 2.75) is 31.0 Å². The van der Waals surface area contributed by atoms with E-state index in [9.17, 15) is 13.5 Å². The summed E-state index contributed by atoms with van der Waals surface area (Å²) in [5.74, 6) is 0.0616. The predicted molar refractivity (Wildman–Crippen MR) is 66.7 cm³/mol. The highest BCUT2D eigenvalue weighted by molar-refractivity contribution is 7.91. The molecule has 0 aromatic heterocycles. The second-order valence-corrected chi connectivity index (χ2v) is 7.60. The molecule has 2 atom stereocenters. The van der Waals surface area contributed by atoms with Gasteiger partial charge in [0, 0.05) is 19.1 Å². The third kappa shape index (κ3) is 2.99. The van der Waals surface area contributed by atoms with Crippen molar-refractivity contribution < 1.29 is 13.5 Å². The fourth-order valence-electron chi connectivity index (χ4n) is 2.89. The Kier molecular flexibility index (Phi) is 3.77. The second kappa shape index (κ2) is 4.84. The van der Waals surface area contributed by atoms with Gasteiger partial charge in [-0.15, -0.1) is 0 Å². The minimum Gasteiger partial charge on any atom is -0.390 e. The molecule has 2 fully saturated rings. The minimum atomic E-state index is -3.03. The van der Waals surface area contributed by atoms with Crippen molar-refractivity contribution in [1.29, 1.82) is 0 Å². The first-order valence-corrected chi connectivity index (χ1v) is 8.00. The highest BCUT2D eigenvalue weighted by atomic mass is 32.2. The Morgan fingerprint density at radius 2 is 1.76 bits per heavy atom. The second-order valence-electron chi connectivity index (χ2n) is 5.44. The Labute approximate surface area is 103 Å². The van der Waals surface area contributed by atoms with Gasteiger partial charge in [0.1, 0.15) is 0 Å². The number of rotatable bonds is 2. The molecule has 2 heterocycles. The van der Waals surface area contributed by atoms with Gasteiger partial charge in [0.15, 0.2) is 9.84 Å². The maximum atomic E-state index is 11.5. The molecule has 5 nitrogen and oxygen atoms in total. The van der Waals surface area contributed by atoms with Crippen molar-refractivity contribution >= 4 is 9.84 Å². The molecule has 0 aliphatic carbocycles. The minimum absolute atomic E-state index is 0.0642. The first-order chi connectivity index (χ1) is 7.89. The number of aliphatic hydroxyl groups is 1. The fraction of sp³-hybridized carbons (Fsp3) is 1.00. The number of likely N-dealkylation sites (tertiary alicyclic amines) is 1. The molecule has 2 aliphatic rings. The van der Waals surface area contributed by atoms with Gasteiger partial charge < -0.3 is 10.0 Å². The summed E-state index contributed by atoms with van der Waals surface area (Å²) in [6, 6.07) is 0.407. The SMILES string of the molecule is CN(C)C1CCN([C@@H]2CS(=O)(=O)C[C@H]2O)CC1. The van der Waals surface area contributed by atoms with E-state index in [0.29, 0.717) is 6.04 Å². The van der Waals surface area contributed by atoms with Crippen LogP contribution in [0.3, 0.4) is 0 Å². The first-order valence-electron chi connectivity index (χ1n) is 6.18. The zero-order valence-electron chi connectivity index (χ0n) is 10.5. The number of hydrogen-bond donors (Lipinski definition) is 1. The lowest BCUT2D eigenvalue weighted by molar-refractivity contribution is 0.0514. The number of hydrogen-bond acceptors (Lipinski definition) is 5. The molecule has 2 saturated heterocycles. The molecule has 0 amide bonds. The summed E-state index contributed by atoms with van der Waals surface area (Å²) in [5, 5.41) is 9.82. The molecule has 0 bridgehead atoms.